The molecule has 0 bridgehead atoms. The van der Waals surface area contributed by atoms with Gasteiger partial charge in [0.15, 0.2) is 23.3 Å². The van der Waals surface area contributed by atoms with Gasteiger partial charge >= 0.3 is 5.97 Å². The lowest BCUT2D eigenvalue weighted by atomic mass is 9.91. The molecule has 3 heterocycles. The second kappa shape index (κ2) is 12.6. The van der Waals surface area contributed by atoms with Gasteiger partial charge in [0, 0.05) is 46.1 Å². The van der Waals surface area contributed by atoms with Gasteiger partial charge in [-0.3, -0.25) is 4.79 Å². The maximum atomic E-state index is 15.7. The van der Waals surface area contributed by atoms with Crippen LogP contribution in [0.25, 0.3) is 28.2 Å². The number of hydrogen-bond donors (Lipinski definition) is 2. The molecule has 0 fully saturated rings. The van der Waals surface area contributed by atoms with E-state index in [-0.39, 0.29) is 17.2 Å². The Morgan fingerprint density at radius 3 is 2.57 bits per heavy atom. The highest BCUT2D eigenvalue weighted by atomic mass is 19.1. The van der Waals surface area contributed by atoms with E-state index in [4.69, 9.17) is 19.6 Å². The van der Waals surface area contributed by atoms with Crippen molar-refractivity contribution in [1.82, 2.24) is 19.9 Å². The van der Waals surface area contributed by atoms with Crippen molar-refractivity contribution in [1.29, 1.82) is 0 Å². The maximum absolute atomic E-state index is 15.7. The summed E-state index contributed by atoms with van der Waals surface area (Å²) in [7, 11) is 0. The number of nitrogens with one attached hydrogen (secondary N) is 1. The molecular formula is C37H37FN4O5. The van der Waals surface area contributed by atoms with E-state index in [0.29, 0.717) is 59.0 Å². The quantitative estimate of drug-likeness (QED) is 0.188. The number of carboxylic acids is 1. The van der Waals surface area contributed by atoms with Crippen LogP contribution in [0.3, 0.4) is 0 Å². The Kier molecular flexibility index (Phi) is 8.55. The molecule has 6 rings (SSSR count). The minimum Gasteiger partial charge on any atom is -0.490 e. The van der Waals surface area contributed by atoms with Crippen molar-refractivity contribution in [3.8, 4) is 28.3 Å². The Morgan fingerprint density at radius 1 is 1.09 bits per heavy atom. The molecule has 0 spiro atoms. The van der Waals surface area contributed by atoms with Crippen molar-refractivity contribution in [2.24, 2.45) is 0 Å². The third-order valence-electron chi connectivity index (χ3n) is 8.20. The highest BCUT2D eigenvalue weighted by Crippen LogP contribution is 2.42. The van der Waals surface area contributed by atoms with E-state index in [9.17, 15) is 14.7 Å². The zero-order chi connectivity index (χ0) is 33.5. The molecule has 1 unspecified atom stereocenters. The van der Waals surface area contributed by atoms with Crippen molar-refractivity contribution < 1.29 is 28.6 Å². The minimum absolute atomic E-state index is 0.227. The van der Waals surface area contributed by atoms with Gasteiger partial charge in [-0.25, -0.2) is 18.7 Å². The van der Waals surface area contributed by atoms with E-state index in [1.165, 1.54) is 6.07 Å². The fourth-order valence-electron chi connectivity index (χ4n) is 6.04. The topological polar surface area (TPSA) is 115 Å². The van der Waals surface area contributed by atoms with Gasteiger partial charge in [-0.1, -0.05) is 42.5 Å². The van der Waals surface area contributed by atoms with Gasteiger partial charge in [0.2, 0.25) is 0 Å². The first-order valence-electron chi connectivity index (χ1n) is 15.6. The average molecular weight is 637 g/mol. The number of hydrogen-bond acceptors (Lipinski definition) is 6. The molecule has 5 aromatic rings. The van der Waals surface area contributed by atoms with Gasteiger partial charge in [0.25, 0.3) is 5.91 Å². The fourth-order valence-corrected chi connectivity index (χ4v) is 6.04. The van der Waals surface area contributed by atoms with Crippen LogP contribution in [-0.2, 0) is 22.5 Å². The van der Waals surface area contributed by atoms with Crippen LogP contribution in [0, 0.1) is 19.7 Å². The zero-order valence-electron chi connectivity index (χ0n) is 27.1. The summed E-state index contributed by atoms with van der Waals surface area (Å²) in [6.45, 7) is 9.75. The summed E-state index contributed by atoms with van der Waals surface area (Å²) in [5.74, 6) is -1.74. The van der Waals surface area contributed by atoms with Crippen LogP contribution in [0.2, 0.25) is 0 Å². The monoisotopic (exact) mass is 636 g/mol. The lowest BCUT2D eigenvalue weighted by Gasteiger charge is -2.28. The molecule has 47 heavy (non-hydrogen) atoms. The molecule has 9 nitrogen and oxygen atoms in total. The molecule has 0 saturated carbocycles. The largest absolute Gasteiger partial charge is 0.490 e. The van der Waals surface area contributed by atoms with E-state index in [1.807, 2.05) is 43.3 Å². The summed E-state index contributed by atoms with van der Waals surface area (Å²) in [6, 6.07) is 19.9. The molecule has 0 saturated heterocycles. The molecule has 1 aliphatic heterocycles. The molecule has 1 amide bonds. The van der Waals surface area contributed by atoms with Crippen LogP contribution in [0.15, 0.2) is 66.7 Å². The highest BCUT2D eigenvalue weighted by Gasteiger charge is 2.34. The first-order chi connectivity index (χ1) is 22.4. The number of halogens is 1. The Labute approximate surface area is 272 Å². The number of fused-ring (bicyclic) bond motifs is 2. The third-order valence-corrected chi connectivity index (χ3v) is 8.20. The van der Waals surface area contributed by atoms with Crippen LogP contribution in [0.4, 0.5) is 4.39 Å². The standard InChI is InChI=1S/C37H37FN4O5/c1-21-26-15-10-16-46-33(26)28(38)18-27(21)32-31(34(36(44)45)47-37(3,4)5)22(2)40-30-19-29(41-42(30)32)24-13-9-14-25(17-24)35(43)39-20-23-11-7-6-8-12-23/h6-9,11-14,17-19,34H,10,15-16,20H2,1-5H3,(H,39,43)(H,44,45). The summed E-state index contributed by atoms with van der Waals surface area (Å²) < 4.78 is 29.0. The Bertz CT molecular complexity index is 2000. The van der Waals surface area contributed by atoms with Gasteiger partial charge < -0.3 is 19.9 Å². The van der Waals surface area contributed by atoms with E-state index in [2.05, 4.69) is 5.32 Å². The van der Waals surface area contributed by atoms with Crippen molar-refractivity contribution in [2.75, 3.05) is 6.61 Å². The van der Waals surface area contributed by atoms with E-state index in [1.54, 1.807) is 56.5 Å². The minimum atomic E-state index is -1.42. The van der Waals surface area contributed by atoms with Crippen molar-refractivity contribution in [3.63, 3.8) is 0 Å². The Balaban J connectivity index is 1.51. The number of rotatable bonds is 8. The number of benzene rings is 3. The molecule has 242 valence electrons. The lowest BCUT2D eigenvalue weighted by molar-refractivity contribution is -0.160. The predicted octanol–water partition coefficient (Wildman–Crippen LogP) is 7.02. The number of aryl methyl sites for hydroxylation is 1. The number of aliphatic carboxylic acids is 1. The van der Waals surface area contributed by atoms with Gasteiger partial charge in [-0.2, -0.15) is 5.10 Å². The Morgan fingerprint density at radius 2 is 1.85 bits per heavy atom. The van der Waals surface area contributed by atoms with Crippen molar-refractivity contribution in [3.05, 3.63) is 106 Å². The molecule has 1 aliphatic rings. The van der Waals surface area contributed by atoms with Crippen molar-refractivity contribution in [2.45, 2.75) is 65.7 Å². The summed E-state index contributed by atoms with van der Waals surface area (Å²) in [5, 5.41) is 18.3. The average Bonchev–Trinajstić information content (AvgIpc) is 3.47. The van der Waals surface area contributed by atoms with E-state index < -0.39 is 23.5 Å². The molecule has 1 atom stereocenters. The van der Waals surface area contributed by atoms with E-state index in [0.717, 1.165) is 23.1 Å². The molecule has 2 aromatic heterocycles. The van der Waals surface area contributed by atoms with Crippen LogP contribution in [0.5, 0.6) is 5.75 Å². The number of carbonyl (C=O) groups excluding carboxylic acids is 1. The number of carboxylic acid groups (broad SMARTS) is 1. The summed E-state index contributed by atoms with van der Waals surface area (Å²) in [6.07, 6.45) is -0.0554. The van der Waals surface area contributed by atoms with Gasteiger partial charge in [0.05, 0.1) is 23.6 Å². The molecule has 3 aromatic carbocycles. The third kappa shape index (κ3) is 6.46. The Hall–Kier alpha value is -5.09. The SMILES string of the molecule is Cc1nc2cc(-c3cccc(C(=O)NCc4ccccc4)c3)nn2c(-c2cc(F)c3c(c2C)CCCO3)c1C(OC(C)(C)C)C(=O)O. The number of ether oxygens (including phenoxy) is 2. The molecule has 0 aliphatic carbocycles. The molecular weight excluding hydrogens is 599 g/mol. The van der Waals surface area contributed by atoms with Gasteiger partial charge in [-0.05, 0) is 76.8 Å². The van der Waals surface area contributed by atoms with Gasteiger partial charge in [-0.15, -0.1) is 0 Å². The number of aromatic nitrogens is 3. The van der Waals surface area contributed by atoms with Crippen LogP contribution in [0.1, 0.15) is 71.6 Å². The normalized spacial score (nSPS) is 13.6. The van der Waals surface area contributed by atoms with Crippen LogP contribution < -0.4 is 10.1 Å². The summed E-state index contributed by atoms with van der Waals surface area (Å²) in [4.78, 5) is 30.6. The summed E-state index contributed by atoms with van der Waals surface area (Å²) in [5.41, 5.74) is 5.28. The lowest BCUT2D eigenvalue weighted by Crippen LogP contribution is -2.29. The first-order valence-corrected chi connectivity index (χ1v) is 15.6. The molecule has 2 N–H and O–H groups in total. The highest BCUT2D eigenvalue weighted by molar-refractivity contribution is 5.95. The first kappa shape index (κ1) is 31.9. The number of carbonyl (C=O) groups is 2. The van der Waals surface area contributed by atoms with Gasteiger partial charge in [0.1, 0.15) is 0 Å². The van der Waals surface area contributed by atoms with Crippen LogP contribution >= 0.6 is 0 Å². The predicted molar refractivity (Wildman–Crippen MR) is 176 cm³/mol. The second-order valence-corrected chi connectivity index (χ2v) is 12.7. The zero-order valence-corrected chi connectivity index (χ0v) is 27.1. The molecule has 0 radical (unpaired) electrons. The van der Waals surface area contributed by atoms with Crippen molar-refractivity contribution >= 4 is 17.5 Å². The number of amides is 1. The summed E-state index contributed by atoms with van der Waals surface area (Å²) >= 11 is 0. The van der Waals surface area contributed by atoms with E-state index >= 15 is 4.39 Å². The second-order valence-electron chi connectivity index (χ2n) is 12.7. The maximum Gasteiger partial charge on any atom is 0.337 e. The fraction of sp³-hybridized carbons (Fsp3) is 0.297. The smallest absolute Gasteiger partial charge is 0.337 e. The van der Waals surface area contributed by atoms with Crippen LogP contribution in [-0.4, -0.2) is 43.8 Å². The molecule has 10 heteroatoms. The number of nitrogens with zero attached hydrogens (tertiary/aromatic N) is 3.